The molecule has 0 spiro atoms. The number of amidine groups is 1. The molecule has 130 valence electrons. The van der Waals surface area contributed by atoms with E-state index in [1.165, 1.54) is 11.1 Å². The first-order valence-electron chi connectivity index (χ1n) is 8.48. The van der Waals surface area contributed by atoms with E-state index in [0.29, 0.717) is 0 Å². The van der Waals surface area contributed by atoms with Crippen LogP contribution in [0.25, 0.3) is 5.76 Å². The van der Waals surface area contributed by atoms with Gasteiger partial charge in [0.2, 0.25) is 0 Å². The van der Waals surface area contributed by atoms with Gasteiger partial charge >= 0.3 is 0 Å². The maximum atomic E-state index is 6.25. The summed E-state index contributed by atoms with van der Waals surface area (Å²) in [6.07, 6.45) is 0. The lowest BCUT2D eigenvalue weighted by Crippen LogP contribution is -2.34. The van der Waals surface area contributed by atoms with Gasteiger partial charge in [-0.25, -0.2) is 0 Å². The maximum absolute atomic E-state index is 6.25. The fourth-order valence-corrected chi connectivity index (χ4v) is 3.47. The molecule has 4 heteroatoms. The second kappa shape index (κ2) is 7.11. The van der Waals surface area contributed by atoms with Crippen LogP contribution in [0.4, 0.5) is 0 Å². The number of hydrogen-bond donors (Lipinski definition) is 0. The fraction of sp³-hybridized carbons (Fsp3) is 0.286. The van der Waals surface area contributed by atoms with Gasteiger partial charge in [0, 0.05) is 12.6 Å². The lowest BCUT2D eigenvalue weighted by atomic mass is 9.94. The van der Waals surface area contributed by atoms with E-state index in [2.05, 4.69) is 74.1 Å². The lowest BCUT2D eigenvalue weighted by Gasteiger charge is -2.22. The van der Waals surface area contributed by atoms with Crippen LogP contribution in [0.1, 0.15) is 17.2 Å². The van der Waals surface area contributed by atoms with E-state index >= 15 is 0 Å². The van der Waals surface area contributed by atoms with Gasteiger partial charge in [-0.1, -0.05) is 60.7 Å². The predicted octanol–water partition coefficient (Wildman–Crippen LogP) is 3.25. The molecule has 0 saturated carbocycles. The molecule has 2 aromatic rings. The third kappa shape index (κ3) is 3.30. The fourth-order valence-electron chi connectivity index (χ4n) is 3.47. The summed E-state index contributed by atoms with van der Waals surface area (Å²) in [4.78, 5) is 8.40. The van der Waals surface area contributed by atoms with Crippen LogP contribution in [0.15, 0.2) is 66.2 Å². The van der Waals surface area contributed by atoms with Crippen molar-refractivity contribution in [2.45, 2.75) is 6.04 Å². The normalized spacial score (nSPS) is 17.4. The summed E-state index contributed by atoms with van der Waals surface area (Å²) in [5.41, 5.74) is 3.48. The van der Waals surface area contributed by atoms with Crippen LogP contribution >= 0.6 is 0 Å². The van der Waals surface area contributed by atoms with Crippen molar-refractivity contribution in [3.8, 4) is 0 Å². The predicted molar refractivity (Wildman–Crippen MR) is 102 cm³/mol. The Labute approximate surface area is 150 Å². The first-order valence-corrected chi connectivity index (χ1v) is 8.48. The summed E-state index contributed by atoms with van der Waals surface area (Å²) in [7, 11) is 10.3. The molecule has 1 aliphatic rings. The number of hydroxylamine groups is 2. The van der Waals surface area contributed by atoms with Crippen molar-refractivity contribution in [1.29, 1.82) is 0 Å². The maximum Gasteiger partial charge on any atom is 0.280 e. The molecule has 0 bridgehead atoms. The topological polar surface area (TPSA) is 18.7 Å². The quantitative estimate of drug-likeness (QED) is 0.487. The first kappa shape index (κ1) is 17.2. The van der Waals surface area contributed by atoms with E-state index in [0.717, 1.165) is 17.2 Å². The highest BCUT2D eigenvalue weighted by Gasteiger charge is 2.41. The molecule has 0 N–H and O–H groups in total. The monoisotopic (exact) mass is 336 g/mol. The van der Waals surface area contributed by atoms with Crippen LogP contribution in [0, 0.1) is 0 Å². The van der Waals surface area contributed by atoms with Gasteiger partial charge in [0.05, 0.1) is 28.2 Å². The van der Waals surface area contributed by atoms with Crippen molar-refractivity contribution in [1.82, 2.24) is 9.96 Å². The number of rotatable bonds is 3. The molecule has 1 atom stereocenters. The van der Waals surface area contributed by atoms with E-state index in [1.54, 1.807) is 0 Å². The van der Waals surface area contributed by atoms with Gasteiger partial charge in [0.15, 0.2) is 5.76 Å². The summed E-state index contributed by atoms with van der Waals surface area (Å²) in [5.74, 6) is 2.05. The average molecular weight is 336 g/mol. The molecular weight excluding hydrogens is 310 g/mol. The molecule has 0 aromatic heterocycles. The van der Waals surface area contributed by atoms with Crippen LogP contribution in [0.2, 0.25) is 0 Å². The molecule has 1 heterocycles. The van der Waals surface area contributed by atoms with E-state index in [4.69, 9.17) is 4.84 Å². The number of likely N-dealkylation sites (N-methyl/N-ethyl adjacent to an activating group) is 2. The second-order valence-corrected chi connectivity index (χ2v) is 6.67. The van der Waals surface area contributed by atoms with Crippen LogP contribution in [-0.4, -0.2) is 55.6 Å². The van der Waals surface area contributed by atoms with Crippen molar-refractivity contribution in [3.05, 3.63) is 77.4 Å². The molecule has 0 aliphatic carbocycles. The SMILES string of the molecule is CN(C)C(C1=C(c2ccccc2)ON(C)C1c1ccccc1)=[N+](C)C. The highest BCUT2D eigenvalue weighted by Crippen LogP contribution is 2.41. The minimum atomic E-state index is 0.0382. The van der Waals surface area contributed by atoms with Crippen molar-refractivity contribution >= 4 is 11.6 Å². The molecule has 2 aromatic carbocycles. The van der Waals surface area contributed by atoms with E-state index in [9.17, 15) is 0 Å². The second-order valence-electron chi connectivity index (χ2n) is 6.67. The van der Waals surface area contributed by atoms with Crippen molar-refractivity contribution in [2.24, 2.45) is 0 Å². The van der Waals surface area contributed by atoms with E-state index in [-0.39, 0.29) is 6.04 Å². The third-order valence-electron chi connectivity index (χ3n) is 4.36. The van der Waals surface area contributed by atoms with Gasteiger partial charge in [0.25, 0.3) is 5.84 Å². The highest BCUT2D eigenvalue weighted by molar-refractivity contribution is 6.02. The van der Waals surface area contributed by atoms with Gasteiger partial charge in [-0.2, -0.15) is 0 Å². The van der Waals surface area contributed by atoms with E-state index < -0.39 is 0 Å². The van der Waals surface area contributed by atoms with E-state index in [1.807, 2.05) is 36.4 Å². The summed E-state index contributed by atoms with van der Waals surface area (Å²) in [5, 5.41) is 1.94. The molecule has 0 radical (unpaired) electrons. The van der Waals surface area contributed by atoms with Gasteiger partial charge in [-0.15, -0.1) is 5.06 Å². The summed E-state index contributed by atoms with van der Waals surface area (Å²) >= 11 is 0. The first-order chi connectivity index (χ1) is 12.0. The Balaban J connectivity index is 2.25. The van der Waals surface area contributed by atoms with Crippen molar-refractivity contribution < 1.29 is 9.41 Å². The number of nitrogens with zero attached hydrogens (tertiary/aromatic N) is 3. The Morgan fingerprint density at radius 2 is 1.52 bits per heavy atom. The molecule has 25 heavy (non-hydrogen) atoms. The summed E-state index contributed by atoms with van der Waals surface area (Å²) < 4.78 is 2.15. The van der Waals surface area contributed by atoms with Gasteiger partial charge in [-0.05, 0) is 5.56 Å². The molecule has 0 fully saturated rings. The molecule has 3 rings (SSSR count). The van der Waals surface area contributed by atoms with Crippen LogP contribution in [0.5, 0.6) is 0 Å². The van der Waals surface area contributed by atoms with Crippen molar-refractivity contribution in [3.63, 3.8) is 0 Å². The highest BCUT2D eigenvalue weighted by atomic mass is 16.7. The Hall–Kier alpha value is -2.59. The third-order valence-corrected chi connectivity index (χ3v) is 4.36. The van der Waals surface area contributed by atoms with Crippen molar-refractivity contribution in [2.75, 3.05) is 35.2 Å². The zero-order valence-corrected chi connectivity index (χ0v) is 15.6. The zero-order valence-electron chi connectivity index (χ0n) is 15.6. The average Bonchev–Trinajstić information content (AvgIpc) is 2.93. The molecule has 0 amide bonds. The largest absolute Gasteiger partial charge is 0.404 e. The Bertz CT molecular complexity index is 790. The Morgan fingerprint density at radius 3 is 2.04 bits per heavy atom. The summed E-state index contributed by atoms with van der Waals surface area (Å²) in [6.45, 7) is 0. The van der Waals surface area contributed by atoms with Gasteiger partial charge in [-0.3, -0.25) is 9.48 Å². The minimum absolute atomic E-state index is 0.0382. The zero-order chi connectivity index (χ0) is 18.0. The molecular formula is C21H26N3O+. The number of benzene rings is 2. The smallest absolute Gasteiger partial charge is 0.280 e. The van der Waals surface area contributed by atoms with Crippen LogP contribution < -0.4 is 0 Å². The molecule has 4 nitrogen and oxygen atoms in total. The van der Waals surface area contributed by atoms with Crippen LogP contribution in [0.3, 0.4) is 0 Å². The summed E-state index contributed by atoms with van der Waals surface area (Å²) in [6, 6.07) is 20.9. The molecule has 0 saturated heterocycles. The molecule has 1 aliphatic heterocycles. The minimum Gasteiger partial charge on any atom is -0.404 e. The Morgan fingerprint density at radius 1 is 0.960 bits per heavy atom. The standard InChI is InChI=1S/C21H26N3O/c1-22(2)21(23(3)4)18-19(16-12-8-6-9-13-16)24(5)25-20(18)17-14-10-7-11-15-17/h6-15,19H,1-5H3/q+1. The van der Waals surface area contributed by atoms with Crippen LogP contribution in [-0.2, 0) is 4.84 Å². The Kier molecular flexibility index (Phi) is 4.91. The molecule has 1 unspecified atom stereocenters. The number of hydrogen-bond acceptors (Lipinski definition) is 2. The van der Waals surface area contributed by atoms with Gasteiger partial charge in [0.1, 0.15) is 11.6 Å². The lowest BCUT2D eigenvalue weighted by molar-refractivity contribution is -0.469. The van der Waals surface area contributed by atoms with Gasteiger partial charge < -0.3 is 4.84 Å².